The molecule has 0 aliphatic carbocycles. The lowest BCUT2D eigenvalue weighted by molar-refractivity contribution is -0.161. The van der Waals surface area contributed by atoms with E-state index in [0.29, 0.717) is 12.8 Å². The van der Waals surface area contributed by atoms with Gasteiger partial charge in [-0.25, -0.2) is 0 Å². The van der Waals surface area contributed by atoms with Crippen LogP contribution in [0.3, 0.4) is 0 Å². The molecule has 0 saturated carbocycles. The normalized spacial score (nSPS) is 12.4. The Bertz CT molecular complexity index is 955. The number of rotatable bonds is 49. The summed E-state index contributed by atoms with van der Waals surface area (Å²) in [6.07, 6.45) is 65.3. The Balaban J connectivity index is 3.46. The third-order valence-electron chi connectivity index (χ3n) is 11.9. The van der Waals surface area contributed by atoms with Crippen molar-refractivity contribution < 1.29 is 24.2 Å². The fourth-order valence-corrected chi connectivity index (χ4v) is 7.88. The van der Waals surface area contributed by atoms with E-state index in [1.54, 1.807) is 0 Å². The SMILES string of the molecule is CCCCCCC/C=C\C/C=C\CCCCCCCCCCCCCCCCCC(=O)OC(CO)COC(=O)CCCCCCCCCCC/C=C\CCCCCCCC. The molecule has 0 aliphatic heterocycles. The minimum Gasteiger partial charge on any atom is -0.462 e. The monoisotopic (exact) mass is 843 g/mol. The summed E-state index contributed by atoms with van der Waals surface area (Å²) in [4.78, 5) is 24.5. The lowest BCUT2D eigenvalue weighted by atomic mass is 10.0. The summed E-state index contributed by atoms with van der Waals surface area (Å²) in [5.41, 5.74) is 0. The zero-order valence-corrected chi connectivity index (χ0v) is 40.2. The molecule has 0 heterocycles. The van der Waals surface area contributed by atoms with Gasteiger partial charge in [-0.2, -0.15) is 0 Å². The lowest BCUT2D eigenvalue weighted by Crippen LogP contribution is -2.28. The summed E-state index contributed by atoms with van der Waals surface area (Å²) in [5, 5.41) is 9.63. The molecule has 0 aliphatic rings. The van der Waals surface area contributed by atoms with E-state index < -0.39 is 6.10 Å². The third-order valence-corrected chi connectivity index (χ3v) is 11.9. The predicted molar refractivity (Wildman–Crippen MR) is 261 cm³/mol. The molecule has 1 unspecified atom stereocenters. The Morgan fingerprint density at radius 2 is 0.667 bits per heavy atom. The largest absolute Gasteiger partial charge is 0.462 e. The summed E-state index contributed by atoms with van der Waals surface area (Å²) in [6.45, 7) is 4.16. The van der Waals surface area contributed by atoms with E-state index in [-0.39, 0.29) is 25.2 Å². The van der Waals surface area contributed by atoms with Gasteiger partial charge in [-0.3, -0.25) is 9.59 Å². The molecule has 0 radical (unpaired) electrons. The van der Waals surface area contributed by atoms with Crippen molar-refractivity contribution in [1.29, 1.82) is 0 Å². The average molecular weight is 843 g/mol. The highest BCUT2D eigenvalue weighted by atomic mass is 16.6. The van der Waals surface area contributed by atoms with Crippen molar-refractivity contribution in [3.05, 3.63) is 36.5 Å². The van der Waals surface area contributed by atoms with Crippen LogP contribution in [0, 0.1) is 0 Å². The topological polar surface area (TPSA) is 72.8 Å². The molecule has 1 N–H and O–H groups in total. The first-order chi connectivity index (χ1) is 29.6. The molecule has 1 atom stereocenters. The van der Waals surface area contributed by atoms with Crippen LogP contribution in [0.25, 0.3) is 0 Å². The number of allylic oxidation sites excluding steroid dienone is 6. The van der Waals surface area contributed by atoms with Gasteiger partial charge < -0.3 is 14.6 Å². The smallest absolute Gasteiger partial charge is 0.306 e. The molecule has 0 bridgehead atoms. The summed E-state index contributed by atoms with van der Waals surface area (Å²) in [6, 6.07) is 0. The summed E-state index contributed by atoms with van der Waals surface area (Å²) in [5.74, 6) is -0.580. The van der Waals surface area contributed by atoms with Crippen molar-refractivity contribution >= 4 is 11.9 Å². The zero-order valence-electron chi connectivity index (χ0n) is 40.2. The second kappa shape index (κ2) is 51.5. The van der Waals surface area contributed by atoms with Crippen LogP contribution >= 0.6 is 0 Å². The molecule has 0 aromatic rings. The van der Waals surface area contributed by atoms with Crippen molar-refractivity contribution in [1.82, 2.24) is 0 Å². The highest BCUT2D eigenvalue weighted by Gasteiger charge is 2.16. The first kappa shape index (κ1) is 58.1. The van der Waals surface area contributed by atoms with E-state index in [1.807, 2.05) is 0 Å². The van der Waals surface area contributed by atoms with Gasteiger partial charge in [0, 0.05) is 12.8 Å². The van der Waals surface area contributed by atoms with Crippen molar-refractivity contribution in [3.8, 4) is 0 Å². The third kappa shape index (κ3) is 48.8. The number of ether oxygens (including phenoxy) is 2. The second-order valence-corrected chi connectivity index (χ2v) is 17.9. The Hall–Kier alpha value is -1.88. The van der Waals surface area contributed by atoms with Gasteiger partial charge in [0.2, 0.25) is 0 Å². The molecule has 352 valence electrons. The van der Waals surface area contributed by atoms with Gasteiger partial charge >= 0.3 is 11.9 Å². The van der Waals surface area contributed by atoms with Gasteiger partial charge in [0.05, 0.1) is 6.61 Å². The average Bonchev–Trinajstić information content (AvgIpc) is 3.25. The standard InChI is InChI=1S/C55H102O5/c1-3-5-7-9-11-13-15-17-19-21-23-24-25-26-27-28-29-30-32-34-36-38-40-42-44-46-48-50-55(58)60-53(51-56)52-59-54(57)49-47-45-43-41-39-37-35-33-31-22-20-18-16-14-12-10-8-6-4-2/h15,17-18,20-21,23,53,56H,3-14,16,19,22,24-52H2,1-2H3/b17-15-,20-18-,23-21-. The summed E-state index contributed by atoms with van der Waals surface area (Å²) in [7, 11) is 0. The molecule has 0 saturated heterocycles. The van der Waals surface area contributed by atoms with E-state index in [9.17, 15) is 14.7 Å². The predicted octanol–water partition coefficient (Wildman–Crippen LogP) is 17.5. The highest BCUT2D eigenvalue weighted by Crippen LogP contribution is 2.16. The van der Waals surface area contributed by atoms with Gasteiger partial charge in [0.15, 0.2) is 6.10 Å². The number of esters is 2. The molecule has 0 spiro atoms. The number of hydrogen-bond donors (Lipinski definition) is 1. The van der Waals surface area contributed by atoms with E-state index in [1.165, 1.54) is 212 Å². The number of aliphatic hydroxyl groups is 1. The van der Waals surface area contributed by atoms with Gasteiger partial charge in [-0.15, -0.1) is 0 Å². The van der Waals surface area contributed by atoms with Gasteiger partial charge in [-0.1, -0.05) is 237 Å². The molecule has 5 heteroatoms. The maximum atomic E-state index is 12.3. The van der Waals surface area contributed by atoms with Gasteiger partial charge in [0.1, 0.15) is 6.61 Å². The molecule has 60 heavy (non-hydrogen) atoms. The summed E-state index contributed by atoms with van der Waals surface area (Å²) >= 11 is 0. The van der Waals surface area contributed by atoms with Crippen LogP contribution in [0.15, 0.2) is 36.5 Å². The fourth-order valence-electron chi connectivity index (χ4n) is 7.88. The van der Waals surface area contributed by atoms with Crippen LogP contribution in [-0.2, 0) is 19.1 Å². The van der Waals surface area contributed by atoms with Crippen molar-refractivity contribution in [2.45, 2.75) is 290 Å². The van der Waals surface area contributed by atoms with Crippen LogP contribution < -0.4 is 0 Å². The Morgan fingerprint density at radius 3 is 1.00 bits per heavy atom. The number of carbonyl (C=O) groups excluding carboxylic acids is 2. The van der Waals surface area contributed by atoms with Crippen molar-refractivity contribution in [3.63, 3.8) is 0 Å². The van der Waals surface area contributed by atoms with Crippen molar-refractivity contribution in [2.75, 3.05) is 13.2 Å². The lowest BCUT2D eigenvalue weighted by Gasteiger charge is -2.15. The molecule has 0 amide bonds. The first-order valence-corrected chi connectivity index (χ1v) is 26.5. The van der Waals surface area contributed by atoms with E-state index in [0.717, 1.165) is 44.9 Å². The first-order valence-electron chi connectivity index (χ1n) is 26.5. The van der Waals surface area contributed by atoms with Gasteiger partial charge in [0.25, 0.3) is 0 Å². The van der Waals surface area contributed by atoms with Crippen LogP contribution in [-0.4, -0.2) is 36.4 Å². The fraction of sp³-hybridized carbons (Fsp3) is 0.855. The molecular formula is C55H102O5. The van der Waals surface area contributed by atoms with E-state index in [4.69, 9.17) is 9.47 Å². The van der Waals surface area contributed by atoms with Crippen LogP contribution in [0.4, 0.5) is 0 Å². The van der Waals surface area contributed by atoms with E-state index in [2.05, 4.69) is 50.3 Å². The van der Waals surface area contributed by atoms with Crippen LogP contribution in [0.5, 0.6) is 0 Å². The number of carbonyl (C=O) groups is 2. The molecule has 0 rings (SSSR count). The molecule has 5 nitrogen and oxygen atoms in total. The van der Waals surface area contributed by atoms with Crippen molar-refractivity contribution in [2.24, 2.45) is 0 Å². The van der Waals surface area contributed by atoms with E-state index >= 15 is 0 Å². The van der Waals surface area contributed by atoms with Crippen LogP contribution in [0.1, 0.15) is 284 Å². The quantitative estimate of drug-likeness (QED) is 0.0375. The second-order valence-electron chi connectivity index (χ2n) is 17.9. The minimum atomic E-state index is -0.771. The zero-order chi connectivity index (χ0) is 43.5. The molecule has 0 aromatic carbocycles. The molecular weight excluding hydrogens is 741 g/mol. The Kier molecular flexibility index (Phi) is 49.9. The Labute approximate surface area is 374 Å². The van der Waals surface area contributed by atoms with Crippen LogP contribution in [0.2, 0.25) is 0 Å². The number of hydrogen-bond acceptors (Lipinski definition) is 5. The summed E-state index contributed by atoms with van der Waals surface area (Å²) < 4.78 is 10.7. The van der Waals surface area contributed by atoms with Gasteiger partial charge in [-0.05, 0) is 70.6 Å². The molecule has 0 fully saturated rings. The maximum absolute atomic E-state index is 12.3. The number of unbranched alkanes of at least 4 members (excludes halogenated alkanes) is 35. The minimum absolute atomic E-state index is 0.0635. The molecule has 0 aromatic heterocycles. The Morgan fingerprint density at radius 1 is 0.383 bits per heavy atom. The maximum Gasteiger partial charge on any atom is 0.306 e. The number of aliphatic hydroxyl groups excluding tert-OH is 1. The highest BCUT2D eigenvalue weighted by molar-refractivity contribution is 5.70.